The maximum Gasteiger partial charge on any atom is 0.287 e. The molecule has 0 aliphatic heterocycles. The Balaban J connectivity index is 1.76. The molecular weight excluding hydrogens is 370 g/mol. The number of fused-ring (bicyclic) bond motifs is 1. The molecule has 3 rings (SSSR count). The van der Waals surface area contributed by atoms with Crippen LogP contribution >= 0.6 is 0 Å². The van der Waals surface area contributed by atoms with Crippen molar-refractivity contribution in [2.75, 3.05) is 33.9 Å². The van der Waals surface area contributed by atoms with Gasteiger partial charge in [-0.25, -0.2) is 4.98 Å². The number of rotatable bonds is 9. The Morgan fingerprint density at radius 2 is 2.00 bits per heavy atom. The molecule has 0 saturated carbocycles. The lowest BCUT2D eigenvalue weighted by Gasteiger charge is -2.16. The van der Waals surface area contributed by atoms with E-state index >= 15 is 0 Å². The van der Waals surface area contributed by atoms with E-state index in [1.807, 2.05) is 18.2 Å². The third-order valence-corrected chi connectivity index (χ3v) is 4.60. The van der Waals surface area contributed by atoms with Crippen LogP contribution in [0.4, 0.5) is 0 Å². The first-order valence-electron chi connectivity index (χ1n) is 9.50. The summed E-state index contributed by atoms with van der Waals surface area (Å²) in [5.74, 6) is -0.342. The SMILES string of the molecule is COCCCNC(=O)c1nc(C(=O)N(C)CCc2ccncc2)c2ccccn12. The number of methoxy groups -OCH3 is 1. The Morgan fingerprint density at radius 1 is 1.21 bits per heavy atom. The fourth-order valence-electron chi connectivity index (χ4n) is 2.98. The summed E-state index contributed by atoms with van der Waals surface area (Å²) in [6.45, 7) is 1.57. The number of hydrogen-bond acceptors (Lipinski definition) is 5. The minimum Gasteiger partial charge on any atom is -0.385 e. The van der Waals surface area contributed by atoms with E-state index in [0.717, 1.165) is 5.56 Å². The van der Waals surface area contributed by atoms with Crippen molar-refractivity contribution in [3.63, 3.8) is 0 Å². The number of amides is 2. The zero-order valence-corrected chi connectivity index (χ0v) is 16.7. The summed E-state index contributed by atoms with van der Waals surface area (Å²) in [6, 6.07) is 9.27. The van der Waals surface area contributed by atoms with Crippen LogP contribution in [0.2, 0.25) is 0 Å². The molecule has 1 N–H and O–H groups in total. The number of imidazole rings is 1. The third kappa shape index (κ3) is 4.97. The van der Waals surface area contributed by atoms with E-state index in [9.17, 15) is 9.59 Å². The monoisotopic (exact) mass is 395 g/mol. The number of carbonyl (C=O) groups is 2. The Kier molecular flexibility index (Phi) is 6.91. The van der Waals surface area contributed by atoms with Crippen LogP contribution in [0, 0.1) is 0 Å². The molecule has 29 heavy (non-hydrogen) atoms. The second kappa shape index (κ2) is 9.79. The molecule has 8 nitrogen and oxygen atoms in total. The standard InChI is InChI=1S/C21H25N5O3/c1-25(14-9-16-7-11-22-12-8-16)21(28)18-17-6-3-4-13-26(17)19(24-18)20(27)23-10-5-15-29-2/h3-4,6-8,11-13H,5,9-10,14-15H2,1-2H3,(H,23,27). The molecule has 3 aromatic rings. The summed E-state index contributed by atoms with van der Waals surface area (Å²) in [7, 11) is 3.36. The number of carbonyl (C=O) groups excluding carboxylic acids is 2. The highest BCUT2D eigenvalue weighted by Gasteiger charge is 2.23. The van der Waals surface area contributed by atoms with Gasteiger partial charge in [0.15, 0.2) is 5.69 Å². The Hall–Kier alpha value is -3.26. The van der Waals surface area contributed by atoms with Crippen LogP contribution in [0.25, 0.3) is 5.52 Å². The van der Waals surface area contributed by atoms with Gasteiger partial charge in [0.1, 0.15) is 0 Å². The zero-order chi connectivity index (χ0) is 20.6. The van der Waals surface area contributed by atoms with Crippen LogP contribution in [0.1, 0.15) is 33.1 Å². The van der Waals surface area contributed by atoms with Gasteiger partial charge in [0.25, 0.3) is 11.8 Å². The van der Waals surface area contributed by atoms with Crippen LogP contribution in [-0.4, -0.2) is 64.9 Å². The van der Waals surface area contributed by atoms with Crippen LogP contribution in [0.15, 0.2) is 48.9 Å². The van der Waals surface area contributed by atoms with Gasteiger partial charge in [0, 0.05) is 52.4 Å². The highest BCUT2D eigenvalue weighted by Crippen LogP contribution is 2.15. The van der Waals surface area contributed by atoms with E-state index in [2.05, 4.69) is 15.3 Å². The summed E-state index contributed by atoms with van der Waals surface area (Å²) >= 11 is 0. The van der Waals surface area contributed by atoms with E-state index in [-0.39, 0.29) is 23.3 Å². The van der Waals surface area contributed by atoms with Crippen molar-refractivity contribution in [2.24, 2.45) is 0 Å². The van der Waals surface area contributed by atoms with Gasteiger partial charge in [-0.15, -0.1) is 0 Å². The first kappa shape index (κ1) is 20.5. The van der Waals surface area contributed by atoms with E-state index < -0.39 is 0 Å². The molecule has 0 aliphatic rings. The second-order valence-electron chi connectivity index (χ2n) is 6.67. The molecule has 152 valence electrons. The molecule has 0 spiro atoms. The Labute approximate surface area is 169 Å². The van der Waals surface area contributed by atoms with Crippen molar-refractivity contribution in [3.05, 3.63) is 66.0 Å². The number of nitrogens with zero attached hydrogens (tertiary/aromatic N) is 4. The lowest BCUT2D eigenvalue weighted by atomic mass is 10.2. The fraction of sp³-hybridized carbons (Fsp3) is 0.333. The summed E-state index contributed by atoms with van der Waals surface area (Å²) in [4.78, 5) is 35.6. The molecule has 3 heterocycles. The lowest BCUT2D eigenvalue weighted by Crippen LogP contribution is -2.30. The summed E-state index contributed by atoms with van der Waals surface area (Å²) < 4.78 is 6.64. The van der Waals surface area contributed by atoms with Gasteiger partial charge in [0.2, 0.25) is 5.82 Å². The van der Waals surface area contributed by atoms with Crippen molar-refractivity contribution >= 4 is 17.3 Å². The normalized spacial score (nSPS) is 10.8. The Bertz CT molecular complexity index is 971. The minimum atomic E-state index is -0.319. The van der Waals surface area contributed by atoms with Gasteiger partial charge < -0.3 is 15.0 Å². The quantitative estimate of drug-likeness (QED) is 0.558. The highest BCUT2D eigenvalue weighted by atomic mass is 16.5. The predicted octanol–water partition coefficient (Wildman–Crippen LogP) is 1.81. The van der Waals surface area contributed by atoms with Crippen LogP contribution < -0.4 is 5.32 Å². The average molecular weight is 395 g/mol. The first-order chi connectivity index (χ1) is 14.1. The smallest absolute Gasteiger partial charge is 0.287 e. The molecule has 0 unspecified atom stereocenters. The molecule has 0 saturated heterocycles. The number of nitrogens with one attached hydrogen (secondary N) is 1. The summed E-state index contributed by atoms with van der Waals surface area (Å²) in [6.07, 6.45) is 6.62. The van der Waals surface area contributed by atoms with Crippen LogP contribution in [0.3, 0.4) is 0 Å². The van der Waals surface area contributed by atoms with Gasteiger partial charge >= 0.3 is 0 Å². The molecule has 2 amide bonds. The summed E-state index contributed by atoms with van der Waals surface area (Å²) in [5, 5.41) is 2.82. The maximum absolute atomic E-state index is 13.0. The van der Waals surface area contributed by atoms with Crippen molar-refractivity contribution in [1.29, 1.82) is 0 Å². The molecule has 0 bridgehead atoms. The molecule has 8 heteroatoms. The van der Waals surface area contributed by atoms with E-state index in [1.54, 1.807) is 54.2 Å². The predicted molar refractivity (Wildman–Crippen MR) is 109 cm³/mol. The molecule has 3 aromatic heterocycles. The molecule has 0 fully saturated rings. The van der Waals surface area contributed by atoms with Crippen LogP contribution in [0.5, 0.6) is 0 Å². The van der Waals surface area contributed by atoms with E-state index in [1.165, 1.54) is 0 Å². The van der Waals surface area contributed by atoms with Gasteiger partial charge in [-0.3, -0.25) is 19.0 Å². The summed E-state index contributed by atoms with van der Waals surface area (Å²) in [5.41, 5.74) is 1.98. The number of aromatic nitrogens is 3. The minimum absolute atomic E-state index is 0.198. The zero-order valence-electron chi connectivity index (χ0n) is 16.7. The second-order valence-corrected chi connectivity index (χ2v) is 6.67. The average Bonchev–Trinajstić information content (AvgIpc) is 3.15. The van der Waals surface area contributed by atoms with E-state index in [4.69, 9.17) is 4.74 Å². The van der Waals surface area contributed by atoms with E-state index in [0.29, 0.717) is 38.1 Å². The van der Waals surface area contributed by atoms with Crippen molar-refractivity contribution in [2.45, 2.75) is 12.8 Å². The topological polar surface area (TPSA) is 88.8 Å². The first-order valence-corrected chi connectivity index (χ1v) is 9.50. The molecule has 0 radical (unpaired) electrons. The van der Waals surface area contributed by atoms with Crippen molar-refractivity contribution < 1.29 is 14.3 Å². The van der Waals surface area contributed by atoms with Crippen molar-refractivity contribution in [1.82, 2.24) is 24.6 Å². The van der Waals surface area contributed by atoms with Gasteiger partial charge in [-0.2, -0.15) is 0 Å². The van der Waals surface area contributed by atoms with Crippen molar-refractivity contribution in [3.8, 4) is 0 Å². The number of pyridine rings is 2. The van der Waals surface area contributed by atoms with Gasteiger partial charge in [-0.1, -0.05) is 6.07 Å². The number of ether oxygens (including phenoxy) is 1. The molecule has 0 aliphatic carbocycles. The largest absolute Gasteiger partial charge is 0.385 e. The lowest BCUT2D eigenvalue weighted by molar-refractivity contribution is 0.0793. The fourth-order valence-corrected chi connectivity index (χ4v) is 2.98. The van der Waals surface area contributed by atoms with Gasteiger partial charge in [-0.05, 0) is 42.7 Å². The highest BCUT2D eigenvalue weighted by molar-refractivity contribution is 6.02. The Morgan fingerprint density at radius 3 is 2.76 bits per heavy atom. The maximum atomic E-state index is 13.0. The number of hydrogen-bond donors (Lipinski definition) is 1. The third-order valence-electron chi connectivity index (χ3n) is 4.60. The molecule has 0 atom stereocenters. The van der Waals surface area contributed by atoms with Gasteiger partial charge in [0.05, 0.1) is 5.52 Å². The number of likely N-dealkylation sites (N-methyl/N-ethyl adjacent to an activating group) is 1. The van der Waals surface area contributed by atoms with Crippen LogP contribution in [-0.2, 0) is 11.2 Å². The molecular formula is C21H25N5O3. The molecule has 0 aromatic carbocycles.